The lowest BCUT2D eigenvalue weighted by molar-refractivity contribution is -0.124. The molecule has 0 aromatic carbocycles. The third-order valence-electron chi connectivity index (χ3n) is 3.85. The van der Waals surface area contributed by atoms with Crippen LogP contribution in [-0.2, 0) is 19.4 Å². The van der Waals surface area contributed by atoms with Crippen LogP contribution in [-0.4, -0.2) is 54.5 Å². The molecular formula is C15H16N2O5S3. The molecule has 0 aliphatic carbocycles. The highest BCUT2D eigenvalue weighted by Gasteiger charge is 2.35. The first kappa shape index (κ1) is 18.2. The number of carbonyl (C=O) groups is 3. The zero-order chi connectivity index (χ0) is 18.0. The van der Waals surface area contributed by atoms with Gasteiger partial charge < -0.3 is 5.32 Å². The van der Waals surface area contributed by atoms with Gasteiger partial charge in [-0.3, -0.25) is 19.3 Å². The van der Waals surface area contributed by atoms with E-state index in [9.17, 15) is 22.8 Å². The molecule has 2 aliphatic heterocycles. The fourth-order valence-electron chi connectivity index (χ4n) is 2.62. The summed E-state index contributed by atoms with van der Waals surface area (Å²) in [5.41, 5.74) is 0. The Morgan fingerprint density at radius 3 is 2.84 bits per heavy atom. The van der Waals surface area contributed by atoms with Crippen LogP contribution in [0, 0.1) is 0 Å². The second kappa shape index (κ2) is 7.30. The molecule has 2 saturated heterocycles. The van der Waals surface area contributed by atoms with E-state index in [1.165, 1.54) is 11.3 Å². The Hall–Kier alpha value is -1.65. The summed E-state index contributed by atoms with van der Waals surface area (Å²) in [6.07, 6.45) is 2.03. The highest BCUT2D eigenvalue weighted by molar-refractivity contribution is 8.18. The van der Waals surface area contributed by atoms with Crippen LogP contribution >= 0.6 is 23.1 Å². The topological polar surface area (TPSA) is 101 Å². The number of nitrogens with zero attached hydrogens (tertiary/aromatic N) is 1. The molecule has 10 heteroatoms. The number of amides is 3. The minimum Gasteiger partial charge on any atom is -0.352 e. The highest BCUT2D eigenvalue weighted by atomic mass is 32.2. The van der Waals surface area contributed by atoms with Crippen LogP contribution in [0.3, 0.4) is 0 Å². The maximum absolute atomic E-state index is 12.3. The summed E-state index contributed by atoms with van der Waals surface area (Å²) in [5, 5.41) is 4.13. The standard InChI is InChI=1S/C15H16N2O5S3/c18-13(16-10-4-7-25(21,22)9-10)3-5-17-14(19)12(24-15(17)20)8-11-2-1-6-23-11/h1-2,6,8,10H,3-5,7,9H2,(H,16,18)/b12-8-/t10-/m0/s1. The summed E-state index contributed by atoms with van der Waals surface area (Å²) < 4.78 is 22.8. The quantitative estimate of drug-likeness (QED) is 0.752. The molecule has 134 valence electrons. The number of thioether (sulfide) groups is 1. The van der Waals surface area contributed by atoms with E-state index >= 15 is 0 Å². The van der Waals surface area contributed by atoms with E-state index in [2.05, 4.69) is 5.32 Å². The molecule has 1 aromatic heterocycles. The number of carbonyl (C=O) groups excluding carboxylic acids is 3. The van der Waals surface area contributed by atoms with Crippen LogP contribution in [0.25, 0.3) is 6.08 Å². The van der Waals surface area contributed by atoms with Crippen molar-refractivity contribution in [3.8, 4) is 0 Å². The largest absolute Gasteiger partial charge is 0.352 e. The molecule has 0 bridgehead atoms. The minimum atomic E-state index is -3.06. The number of rotatable bonds is 5. The average molecular weight is 401 g/mol. The first-order valence-electron chi connectivity index (χ1n) is 7.63. The lowest BCUT2D eigenvalue weighted by Gasteiger charge is -2.14. The second-order valence-corrected chi connectivity index (χ2v) is 9.97. The van der Waals surface area contributed by atoms with Crippen molar-refractivity contribution >= 4 is 56.1 Å². The zero-order valence-corrected chi connectivity index (χ0v) is 15.6. The minimum absolute atomic E-state index is 0.0161. The van der Waals surface area contributed by atoms with Gasteiger partial charge in [0.25, 0.3) is 11.1 Å². The van der Waals surface area contributed by atoms with Gasteiger partial charge in [-0.25, -0.2) is 8.42 Å². The van der Waals surface area contributed by atoms with Gasteiger partial charge in [0.05, 0.1) is 16.4 Å². The Bertz CT molecular complexity index is 829. The van der Waals surface area contributed by atoms with Gasteiger partial charge >= 0.3 is 0 Å². The van der Waals surface area contributed by atoms with Gasteiger partial charge in [0.2, 0.25) is 5.91 Å². The Labute approximate surface area is 153 Å². The van der Waals surface area contributed by atoms with Crippen LogP contribution in [0.2, 0.25) is 0 Å². The fourth-order valence-corrected chi connectivity index (χ4v) is 5.88. The van der Waals surface area contributed by atoms with Crippen LogP contribution in [0.1, 0.15) is 17.7 Å². The molecule has 0 saturated carbocycles. The molecule has 1 N–H and O–H groups in total. The zero-order valence-electron chi connectivity index (χ0n) is 13.1. The van der Waals surface area contributed by atoms with E-state index in [-0.39, 0.29) is 36.4 Å². The van der Waals surface area contributed by atoms with Crippen molar-refractivity contribution in [1.82, 2.24) is 10.2 Å². The van der Waals surface area contributed by atoms with E-state index in [4.69, 9.17) is 0 Å². The summed E-state index contributed by atoms with van der Waals surface area (Å²) >= 11 is 2.32. The normalized spacial score (nSPS) is 24.2. The Kier molecular flexibility index (Phi) is 5.30. The van der Waals surface area contributed by atoms with E-state index in [0.29, 0.717) is 11.3 Å². The van der Waals surface area contributed by atoms with Gasteiger partial charge in [0.1, 0.15) is 0 Å². The van der Waals surface area contributed by atoms with E-state index in [0.717, 1.165) is 21.5 Å². The van der Waals surface area contributed by atoms with Crippen LogP contribution in [0.4, 0.5) is 4.79 Å². The molecule has 3 heterocycles. The summed E-state index contributed by atoms with van der Waals surface area (Å²) in [4.78, 5) is 38.5. The lowest BCUT2D eigenvalue weighted by Crippen LogP contribution is -2.38. The monoisotopic (exact) mass is 400 g/mol. The number of hydrogen-bond acceptors (Lipinski definition) is 7. The van der Waals surface area contributed by atoms with Crippen molar-refractivity contribution in [3.05, 3.63) is 27.3 Å². The Balaban J connectivity index is 1.53. The maximum Gasteiger partial charge on any atom is 0.293 e. The third-order valence-corrected chi connectivity index (χ3v) is 7.34. The van der Waals surface area contributed by atoms with Crippen molar-refractivity contribution < 1.29 is 22.8 Å². The number of nitrogens with one attached hydrogen (secondary N) is 1. The molecule has 2 fully saturated rings. The number of imide groups is 1. The summed E-state index contributed by atoms with van der Waals surface area (Å²) in [5.74, 6) is -0.735. The van der Waals surface area contributed by atoms with Crippen molar-refractivity contribution in [2.24, 2.45) is 0 Å². The average Bonchev–Trinajstić information content (AvgIpc) is 3.21. The Morgan fingerprint density at radius 2 is 2.20 bits per heavy atom. The molecule has 25 heavy (non-hydrogen) atoms. The third kappa shape index (κ3) is 4.50. The molecular weight excluding hydrogens is 384 g/mol. The van der Waals surface area contributed by atoms with Gasteiger partial charge in [-0.1, -0.05) is 6.07 Å². The van der Waals surface area contributed by atoms with Gasteiger partial charge in [-0.2, -0.15) is 0 Å². The van der Waals surface area contributed by atoms with E-state index in [1.807, 2.05) is 17.5 Å². The molecule has 2 aliphatic rings. The first-order chi connectivity index (χ1) is 11.8. The molecule has 1 atom stereocenters. The van der Waals surface area contributed by atoms with Gasteiger partial charge in [-0.05, 0) is 35.7 Å². The SMILES string of the molecule is O=C(CCN1C(=O)S/C(=C\c2cccs2)C1=O)N[C@H]1CCS(=O)(=O)C1. The van der Waals surface area contributed by atoms with Gasteiger partial charge in [0.15, 0.2) is 9.84 Å². The first-order valence-corrected chi connectivity index (χ1v) is 11.1. The summed E-state index contributed by atoms with van der Waals surface area (Å²) in [7, 11) is -3.06. The second-order valence-electron chi connectivity index (χ2n) is 5.77. The molecule has 7 nitrogen and oxygen atoms in total. The van der Waals surface area contributed by atoms with E-state index < -0.39 is 21.0 Å². The lowest BCUT2D eigenvalue weighted by atomic mass is 10.2. The molecule has 0 unspecified atom stereocenters. The number of hydrogen-bond donors (Lipinski definition) is 1. The summed E-state index contributed by atoms with van der Waals surface area (Å²) in [6.45, 7) is -0.0161. The van der Waals surface area contributed by atoms with Crippen molar-refractivity contribution in [3.63, 3.8) is 0 Å². The summed E-state index contributed by atoms with van der Waals surface area (Å²) in [6, 6.07) is 3.32. The molecule has 0 spiro atoms. The molecule has 3 amide bonds. The van der Waals surface area contributed by atoms with Crippen LogP contribution in [0.15, 0.2) is 22.4 Å². The number of thiophene rings is 1. The smallest absolute Gasteiger partial charge is 0.293 e. The number of sulfone groups is 1. The predicted octanol–water partition coefficient (Wildman–Crippen LogP) is 1.48. The van der Waals surface area contributed by atoms with Crippen LogP contribution in [0.5, 0.6) is 0 Å². The van der Waals surface area contributed by atoms with Crippen molar-refractivity contribution in [1.29, 1.82) is 0 Å². The maximum atomic E-state index is 12.3. The fraction of sp³-hybridized carbons (Fsp3) is 0.400. The predicted molar refractivity (Wildman–Crippen MR) is 96.8 cm³/mol. The van der Waals surface area contributed by atoms with Crippen molar-refractivity contribution in [2.75, 3.05) is 18.1 Å². The molecule has 1 aromatic rings. The van der Waals surface area contributed by atoms with Crippen molar-refractivity contribution in [2.45, 2.75) is 18.9 Å². The van der Waals surface area contributed by atoms with Gasteiger partial charge in [0, 0.05) is 23.9 Å². The van der Waals surface area contributed by atoms with Crippen LogP contribution < -0.4 is 5.32 Å². The molecule has 0 radical (unpaired) electrons. The van der Waals surface area contributed by atoms with E-state index in [1.54, 1.807) is 6.08 Å². The highest BCUT2D eigenvalue weighted by Crippen LogP contribution is 2.32. The van der Waals surface area contributed by atoms with Gasteiger partial charge in [-0.15, -0.1) is 11.3 Å². The Morgan fingerprint density at radius 1 is 1.40 bits per heavy atom. The molecule has 3 rings (SSSR count).